The van der Waals surface area contributed by atoms with Crippen LogP contribution in [-0.4, -0.2) is 32.2 Å². The molecular weight excluding hydrogens is 336 g/mol. The zero-order chi connectivity index (χ0) is 18.6. The highest BCUT2D eigenvalue weighted by molar-refractivity contribution is 5.98. The third kappa shape index (κ3) is 4.04. The summed E-state index contributed by atoms with van der Waals surface area (Å²) in [6.45, 7) is 0. The molecule has 0 heterocycles. The summed E-state index contributed by atoms with van der Waals surface area (Å²) < 4.78 is 0. The Hall–Kier alpha value is -4.02. The molecule has 0 saturated heterocycles. The van der Waals surface area contributed by atoms with E-state index in [1.54, 1.807) is 0 Å². The fourth-order valence-electron chi connectivity index (χ4n) is 1.80. The van der Waals surface area contributed by atoms with E-state index >= 15 is 0 Å². The van der Waals surface area contributed by atoms with Crippen molar-refractivity contribution in [3.8, 4) is 11.5 Å². The number of hydrogen-bond acceptors (Lipinski definition) is 8. The third-order valence-electron chi connectivity index (χ3n) is 3.03. The van der Waals surface area contributed by atoms with E-state index in [4.69, 9.17) is 0 Å². The number of amides is 1. The monoisotopic (exact) mass is 346 g/mol. The van der Waals surface area contributed by atoms with Gasteiger partial charge < -0.3 is 10.2 Å². The zero-order valence-corrected chi connectivity index (χ0v) is 12.3. The summed E-state index contributed by atoms with van der Waals surface area (Å²) in [4.78, 5) is 31.9. The van der Waals surface area contributed by atoms with Gasteiger partial charge in [-0.15, -0.1) is 0 Å². The predicted octanol–water partition coefficient (Wildman–Crippen LogP) is 1.68. The van der Waals surface area contributed by atoms with Crippen LogP contribution in [-0.2, 0) is 0 Å². The lowest BCUT2D eigenvalue weighted by molar-refractivity contribution is -0.385. The Morgan fingerprint density at radius 2 is 1.56 bits per heavy atom. The van der Waals surface area contributed by atoms with Crippen LogP contribution in [0.15, 0.2) is 41.5 Å². The second kappa shape index (κ2) is 7.04. The molecule has 0 aliphatic heterocycles. The van der Waals surface area contributed by atoms with Gasteiger partial charge in [0.2, 0.25) is 0 Å². The molecule has 11 nitrogen and oxygen atoms in total. The number of rotatable bonds is 5. The van der Waals surface area contributed by atoms with E-state index < -0.39 is 27.2 Å². The van der Waals surface area contributed by atoms with Crippen LogP contribution in [0.1, 0.15) is 15.9 Å². The number of phenolic OH excluding ortho intramolecular Hbond substituents is 2. The quantitative estimate of drug-likeness (QED) is 0.420. The SMILES string of the molecule is O=C(N/N=C\c1cc([N+](=O)[O-])ccc1O)c1cc([N+](=O)[O-])ccc1O. The normalized spacial score (nSPS) is 10.6. The molecular formula is C14H10N4O7. The molecule has 0 bridgehead atoms. The summed E-state index contributed by atoms with van der Waals surface area (Å²) in [6.07, 6.45) is 0.953. The summed E-state index contributed by atoms with van der Waals surface area (Å²) >= 11 is 0. The smallest absolute Gasteiger partial charge is 0.275 e. The molecule has 0 fully saturated rings. The summed E-state index contributed by atoms with van der Waals surface area (Å²) in [7, 11) is 0. The van der Waals surface area contributed by atoms with Crippen molar-refractivity contribution >= 4 is 23.5 Å². The fraction of sp³-hybridized carbons (Fsp3) is 0. The Morgan fingerprint density at radius 1 is 1.00 bits per heavy atom. The first kappa shape index (κ1) is 17.3. The molecule has 0 spiro atoms. The van der Waals surface area contributed by atoms with Gasteiger partial charge in [-0.3, -0.25) is 25.0 Å². The van der Waals surface area contributed by atoms with Crippen molar-refractivity contribution < 1.29 is 24.9 Å². The summed E-state index contributed by atoms with van der Waals surface area (Å²) in [5.41, 5.74) is 0.898. The van der Waals surface area contributed by atoms with Crippen LogP contribution in [0.25, 0.3) is 0 Å². The largest absolute Gasteiger partial charge is 0.507 e. The lowest BCUT2D eigenvalue weighted by Crippen LogP contribution is -2.18. The number of nitro benzene ring substituents is 2. The summed E-state index contributed by atoms with van der Waals surface area (Å²) in [5.74, 6) is -1.74. The van der Waals surface area contributed by atoms with Gasteiger partial charge in [0.1, 0.15) is 11.5 Å². The lowest BCUT2D eigenvalue weighted by atomic mass is 10.1. The number of nitro groups is 2. The van der Waals surface area contributed by atoms with E-state index in [2.05, 4.69) is 5.10 Å². The van der Waals surface area contributed by atoms with Gasteiger partial charge in [0.05, 0.1) is 21.6 Å². The Bertz CT molecular complexity index is 895. The number of nitrogens with zero attached hydrogens (tertiary/aromatic N) is 3. The first-order chi connectivity index (χ1) is 11.8. The molecule has 11 heteroatoms. The molecule has 0 unspecified atom stereocenters. The molecule has 3 N–H and O–H groups in total. The van der Waals surface area contributed by atoms with Gasteiger partial charge >= 0.3 is 0 Å². The average Bonchev–Trinajstić information content (AvgIpc) is 2.56. The average molecular weight is 346 g/mol. The Kier molecular flexibility index (Phi) is 4.88. The maximum absolute atomic E-state index is 11.9. The topological polar surface area (TPSA) is 168 Å². The maximum Gasteiger partial charge on any atom is 0.275 e. The minimum atomic E-state index is -0.942. The third-order valence-corrected chi connectivity index (χ3v) is 3.03. The van der Waals surface area contributed by atoms with E-state index in [0.717, 1.165) is 42.6 Å². The van der Waals surface area contributed by atoms with Gasteiger partial charge in [0.25, 0.3) is 17.3 Å². The van der Waals surface area contributed by atoms with Crippen LogP contribution >= 0.6 is 0 Å². The highest BCUT2D eigenvalue weighted by atomic mass is 16.6. The fourth-order valence-corrected chi connectivity index (χ4v) is 1.80. The van der Waals surface area contributed by atoms with Gasteiger partial charge in [-0.25, -0.2) is 5.43 Å². The van der Waals surface area contributed by atoms with Crippen molar-refractivity contribution in [1.82, 2.24) is 5.43 Å². The number of benzene rings is 2. The van der Waals surface area contributed by atoms with Crippen LogP contribution in [0.2, 0.25) is 0 Å². The van der Waals surface area contributed by atoms with Gasteiger partial charge in [-0.2, -0.15) is 5.10 Å². The Labute approximate surface area is 139 Å². The minimum Gasteiger partial charge on any atom is -0.507 e. The van der Waals surface area contributed by atoms with Gasteiger partial charge in [0.15, 0.2) is 0 Å². The number of non-ortho nitro benzene ring substituents is 2. The van der Waals surface area contributed by atoms with E-state index in [-0.39, 0.29) is 22.6 Å². The highest BCUT2D eigenvalue weighted by Gasteiger charge is 2.16. The second-order valence-corrected chi connectivity index (χ2v) is 4.66. The summed E-state index contributed by atoms with van der Waals surface area (Å²) in [6, 6.07) is 6.10. The van der Waals surface area contributed by atoms with Gasteiger partial charge in [0, 0.05) is 29.8 Å². The van der Waals surface area contributed by atoms with Crippen LogP contribution in [0.3, 0.4) is 0 Å². The molecule has 1 amide bonds. The molecule has 0 aliphatic carbocycles. The minimum absolute atomic E-state index is 0.0298. The zero-order valence-electron chi connectivity index (χ0n) is 12.3. The number of hydrazone groups is 1. The van der Waals surface area contributed by atoms with Crippen LogP contribution in [0, 0.1) is 20.2 Å². The van der Waals surface area contributed by atoms with Crippen LogP contribution in [0.5, 0.6) is 11.5 Å². The molecule has 2 aromatic carbocycles. The molecule has 2 rings (SSSR count). The highest BCUT2D eigenvalue weighted by Crippen LogP contribution is 2.23. The van der Waals surface area contributed by atoms with Gasteiger partial charge in [-0.1, -0.05) is 0 Å². The van der Waals surface area contributed by atoms with Crippen molar-refractivity contribution in [3.05, 3.63) is 67.8 Å². The maximum atomic E-state index is 11.9. The number of phenols is 2. The van der Waals surface area contributed by atoms with E-state index in [9.17, 15) is 35.2 Å². The van der Waals surface area contributed by atoms with E-state index in [1.807, 2.05) is 5.43 Å². The number of aromatic hydroxyl groups is 2. The van der Waals surface area contributed by atoms with E-state index in [1.165, 1.54) is 0 Å². The Morgan fingerprint density at radius 3 is 2.16 bits per heavy atom. The number of carbonyl (C=O) groups excluding carboxylic acids is 1. The molecule has 25 heavy (non-hydrogen) atoms. The molecule has 0 saturated carbocycles. The number of hydrogen-bond donors (Lipinski definition) is 3. The van der Waals surface area contributed by atoms with Crippen molar-refractivity contribution in [1.29, 1.82) is 0 Å². The molecule has 128 valence electrons. The molecule has 0 atom stereocenters. The number of carbonyl (C=O) groups is 1. The summed E-state index contributed by atoms with van der Waals surface area (Å²) in [5, 5.41) is 44.1. The van der Waals surface area contributed by atoms with Crippen LogP contribution in [0.4, 0.5) is 11.4 Å². The van der Waals surface area contributed by atoms with Gasteiger partial charge in [-0.05, 0) is 12.1 Å². The lowest BCUT2D eigenvalue weighted by Gasteiger charge is -2.03. The molecule has 0 radical (unpaired) electrons. The van der Waals surface area contributed by atoms with Crippen LogP contribution < -0.4 is 5.43 Å². The van der Waals surface area contributed by atoms with Crippen molar-refractivity contribution in [3.63, 3.8) is 0 Å². The molecule has 0 aromatic heterocycles. The second-order valence-electron chi connectivity index (χ2n) is 4.66. The first-order valence-electron chi connectivity index (χ1n) is 6.58. The number of nitrogens with one attached hydrogen (secondary N) is 1. The molecule has 0 aliphatic rings. The van der Waals surface area contributed by atoms with E-state index in [0.29, 0.717) is 0 Å². The van der Waals surface area contributed by atoms with Crippen molar-refractivity contribution in [2.45, 2.75) is 0 Å². The predicted molar refractivity (Wildman–Crippen MR) is 84.6 cm³/mol. The standard InChI is InChI=1S/C14H10N4O7/c19-12-3-1-9(17(22)23)5-8(12)7-15-16-14(21)11-6-10(18(24)25)2-4-13(11)20/h1-7,19-20H,(H,16,21)/b15-7-. The Balaban J connectivity index is 2.19. The van der Waals surface area contributed by atoms with Crippen molar-refractivity contribution in [2.75, 3.05) is 0 Å². The molecule has 2 aromatic rings. The van der Waals surface area contributed by atoms with Crippen molar-refractivity contribution in [2.24, 2.45) is 5.10 Å². The first-order valence-corrected chi connectivity index (χ1v) is 6.58.